The van der Waals surface area contributed by atoms with E-state index < -0.39 is 39.5 Å². The minimum Gasteiger partial charge on any atom is -0.406 e. The number of benzene rings is 3. The van der Waals surface area contributed by atoms with Crippen molar-refractivity contribution in [2.45, 2.75) is 17.7 Å². The smallest absolute Gasteiger partial charge is 0.406 e. The van der Waals surface area contributed by atoms with E-state index in [1.165, 1.54) is 0 Å². The SMILES string of the molecule is O=C(CNS(=O)(=O)c1cccc(OC(F)(F)F)c1)Nc1ccc(Cl)cc1Cc1ccccc1Cl. The molecule has 0 saturated carbocycles. The molecule has 0 aliphatic rings. The maximum Gasteiger partial charge on any atom is 0.573 e. The molecule has 2 N–H and O–H groups in total. The molecule has 12 heteroatoms. The molecule has 34 heavy (non-hydrogen) atoms. The van der Waals surface area contributed by atoms with Crippen LogP contribution in [0.15, 0.2) is 71.6 Å². The summed E-state index contributed by atoms with van der Waals surface area (Å²) < 4.78 is 67.8. The van der Waals surface area contributed by atoms with Crippen molar-refractivity contribution in [1.82, 2.24) is 4.72 Å². The Morgan fingerprint density at radius 1 is 0.941 bits per heavy atom. The van der Waals surface area contributed by atoms with E-state index in [0.29, 0.717) is 33.8 Å². The lowest BCUT2D eigenvalue weighted by atomic mass is 10.0. The van der Waals surface area contributed by atoms with E-state index in [4.69, 9.17) is 23.2 Å². The molecular formula is C22H17Cl2F3N2O4S. The number of hydrogen-bond acceptors (Lipinski definition) is 4. The van der Waals surface area contributed by atoms with Crippen LogP contribution in [0.5, 0.6) is 5.75 Å². The third kappa shape index (κ3) is 7.36. The van der Waals surface area contributed by atoms with Crippen LogP contribution < -0.4 is 14.8 Å². The van der Waals surface area contributed by atoms with Gasteiger partial charge in [0.05, 0.1) is 11.4 Å². The number of carbonyl (C=O) groups is 1. The minimum atomic E-state index is -4.98. The third-order valence-electron chi connectivity index (χ3n) is 4.45. The molecule has 0 heterocycles. The highest BCUT2D eigenvalue weighted by Gasteiger charge is 2.31. The molecule has 0 fully saturated rings. The van der Waals surface area contributed by atoms with Gasteiger partial charge in [0.2, 0.25) is 15.9 Å². The first kappa shape index (κ1) is 25.8. The van der Waals surface area contributed by atoms with Gasteiger partial charge in [0, 0.05) is 28.2 Å². The maximum atomic E-state index is 12.4. The van der Waals surface area contributed by atoms with Gasteiger partial charge in [-0.1, -0.05) is 47.5 Å². The Labute approximate surface area is 203 Å². The van der Waals surface area contributed by atoms with E-state index in [1.54, 1.807) is 30.3 Å². The number of sulfonamides is 1. The molecule has 0 saturated heterocycles. The highest BCUT2D eigenvalue weighted by atomic mass is 35.5. The molecule has 0 atom stereocenters. The molecule has 0 unspecified atom stereocenters. The quantitative estimate of drug-likeness (QED) is 0.406. The molecule has 3 rings (SSSR count). The van der Waals surface area contributed by atoms with Crippen LogP contribution in [-0.4, -0.2) is 27.2 Å². The summed E-state index contributed by atoms with van der Waals surface area (Å²) >= 11 is 12.3. The Balaban J connectivity index is 1.70. The largest absolute Gasteiger partial charge is 0.573 e. The number of rotatable bonds is 8. The second-order valence-corrected chi connectivity index (χ2v) is 9.58. The van der Waals surface area contributed by atoms with E-state index in [1.807, 2.05) is 12.1 Å². The highest BCUT2D eigenvalue weighted by molar-refractivity contribution is 7.89. The molecule has 0 aliphatic heterocycles. The van der Waals surface area contributed by atoms with Crippen molar-refractivity contribution in [3.05, 3.63) is 87.9 Å². The van der Waals surface area contributed by atoms with Crippen molar-refractivity contribution in [2.75, 3.05) is 11.9 Å². The monoisotopic (exact) mass is 532 g/mol. The number of amides is 1. The van der Waals surface area contributed by atoms with Crippen LogP contribution in [0.3, 0.4) is 0 Å². The van der Waals surface area contributed by atoms with E-state index in [9.17, 15) is 26.4 Å². The van der Waals surface area contributed by atoms with Crippen LogP contribution in [0.1, 0.15) is 11.1 Å². The fourth-order valence-electron chi connectivity index (χ4n) is 2.95. The van der Waals surface area contributed by atoms with Gasteiger partial charge in [-0.2, -0.15) is 0 Å². The summed E-state index contributed by atoms with van der Waals surface area (Å²) in [5.74, 6) is -1.40. The molecule has 6 nitrogen and oxygen atoms in total. The summed E-state index contributed by atoms with van der Waals surface area (Å²) in [5, 5.41) is 3.57. The Morgan fingerprint density at radius 3 is 2.38 bits per heavy atom. The Bertz CT molecular complexity index is 1300. The molecule has 0 bridgehead atoms. The minimum absolute atomic E-state index is 0.355. The van der Waals surface area contributed by atoms with Crippen molar-refractivity contribution in [3.8, 4) is 5.75 Å². The summed E-state index contributed by atoms with van der Waals surface area (Å²) in [6, 6.07) is 15.7. The van der Waals surface area contributed by atoms with E-state index in [2.05, 4.69) is 14.8 Å². The normalized spacial score (nSPS) is 11.8. The average molecular weight is 533 g/mol. The lowest BCUT2D eigenvalue weighted by Gasteiger charge is -2.14. The zero-order valence-corrected chi connectivity index (χ0v) is 19.5. The first-order chi connectivity index (χ1) is 15.9. The van der Waals surface area contributed by atoms with Gasteiger partial charge in [0.25, 0.3) is 0 Å². The summed E-state index contributed by atoms with van der Waals surface area (Å²) in [6.07, 6.45) is -4.62. The number of hydrogen-bond donors (Lipinski definition) is 2. The Hall–Kier alpha value is -2.79. The molecule has 180 valence electrons. The first-order valence-corrected chi connectivity index (χ1v) is 11.8. The third-order valence-corrected chi connectivity index (χ3v) is 6.45. The molecule has 3 aromatic carbocycles. The summed E-state index contributed by atoms with van der Waals surface area (Å²) in [5.41, 5.74) is 1.84. The molecule has 0 radical (unpaired) electrons. The van der Waals surface area contributed by atoms with Crippen molar-refractivity contribution in [2.24, 2.45) is 0 Å². The van der Waals surface area contributed by atoms with E-state index in [0.717, 1.165) is 23.8 Å². The van der Waals surface area contributed by atoms with Crippen LogP contribution in [0, 0.1) is 0 Å². The number of halogens is 5. The molecule has 3 aromatic rings. The van der Waals surface area contributed by atoms with Crippen molar-refractivity contribution >= 4 is 44.8 Å². The average Bonchev–Trinajstić information content (AvgIpc) is 2.75. The summed E-state index contributed by atoms with van der Waals surface area (Å²) in [4.78, 5) is 11.9. The molecule has 0 aromatic heterocycles. The van der Waals surface area contributed by atoms with Crippen LogP contribution in [-0.2, 0) is 21.2 Å². The number of nitrogens with one attached hydrogen (secondary N) is 2. The fourth-order valence-corrected chi connectivity index (χ4v) is 4.37. The molecule has 1 amide bonds. The van der Waals surface area contributed by atoms with Gasteiger partial charge in [0.15, 0.2) is 0 Å². The predicted molar refractivity (Wildman–Crippen MR) is 123 cm³/mol. The standard InChI is InChI=1S/C22H17Cl2F3N2O4S/c23-16-8-9-20(15(11-16)10-14-4-1-2-7-19(14)24)29-21(30)13-28-34(31,32)18-6-3-5-17(12-18)33-22(25,26)27/h1-9,11-12,28H,10,13H2,(H,29,30). The van der Waals surface area contributed by atoms with Gasteiger partial charge >= 0.3 is 6.36 Å². The van der Waals surface area contributed by atoms with Gasteiger partial charge in [-0.25, -0.2) is 13.1 Å². The van der Waals surface area contributed by atoms with Gasteiger partial charge in [-0.05, 0) is 47.5 Å². The molecule has 0 spiro atoms. The highest BCUT2D eigenvalue weighted by Crippen LogP contribution is 2.27. The second kappa shape index (κ2) is 10.6. The maximum absolute atomic E-state index is 12.4. The topological polar surface area (TPSA) is 84.5 Å². The van der Waals surface area contributed by atoms with Crippen molar-refractivity contribution in [1.29, 1.82) is 0 Å². The van der Waals surface area contributed by atoms with E-state index >= 15 is 0 Å². The zero-order chi connectivity index (χ0) is 24.9. The van der Waals surface area contributed by atoms with Gasteiger partial charge in [0.1, 0.15) is 5.75 Å². The number of alkyl halides is 3. The first-order valence-electron chi connectivity index (χ1n) is 9.60. The van der Waals surface area contributed by atoms with Crippen molar-refractivity contribution < 1.29 is 31.1 Å². The van der Waals surface area contributed by atoms with E-state index in [-0.39, 0.29) is 0 Å². The van der Waals surface area contributed by atoms with Gasteiger partial charge in [-0.3, -0.25) is 4.79 Å². The van der Waals surface area contributed by atoms with Crippen LogP contribution >= 0.6 is 23.2 Å². The van der Waals surface area contributed by atoms with Crippen LogP contribution in [0.25, 0.3) is 0 Å². The fraction of sp³-hybridized carbons (Fsp3) is 0.136. The Morgan fingerprint density at radius 2 is 1.68 bits per heavy atom. The van der Waals surface area contributed by atoms with Gasteiger partial charge in [-0.15, -0.1) is 13.2 Å². The zero-order valence-electron chi connectivity index (χ0n) is 17.2. The lowest BCUT2D eigenvalue weighted by Crippen LogP contribution is -2.33. The van der Waals surface area contributed by atoms with Crippen LogP contribution in [0.2, 0.25) is 10.0 Å². The molecular weight excluding hydrogens is 516 g/mol. The Kier molecular flexibility index (Phi) is 8.09. The summed E-state index contributed by atoms with van der Waals surface area (Å²) in [6.45, 7) is -0.666. The van der Waals surface area contributed by atoms with Gasteiger partial charge < -0.3 is 10.1 Å². The number of ether oxygens (including phenoxy) is 1. The number of anilines is 1. The van der Waals surface area contributed by atoms with Crippen molar-refractivity contribution in [3.63, 3.8) is 0 Å². The second-order valence-electron chi connectivity index (χ2n) is 6.97. The molecule has 0 aliphatic carbocycles. The summed E-state index contributed by atoms with van der Waals surface area (Å²) in [7, 11) is -4.29. The number of carbonyl (C=O) groups excluding carboxylic acids is 1. The predicted octanol–water partition coefficient (Wildman–Crippen LogP) is 5.40. The van der Waals surface area contributed by atoms with Crippen LogP contribution in [0.4, 0.5) is 18.9 Å². The lowest BCUT2D eigenvalue weighted by molar-refractivity contribution is -0.274.